The van der Waals surface area contributed by atoms with Crippen LogP contribution in [-0.2, 0) is 4.79 Å². The minimum Gasteiger partial charge on any atom is -0.316 e. The van der Waals surface area contributed by atoms with Crippen LogP contribution in [0.5, 0.6) is 0 Å². The number of carbonyl (C=O) groups is 1. The van der Waals surface area contributed by atoms with Crippen LogP contribution in [0.2, 0.25) is 0 Å². The quantitative estimate of drug-likeness (QED) is 0.518. The molecule has 1 atom stereocenters. The molecule has 46 valence electrons. The molecule has 8 heavy (non-hydrogen) atoms. The van der Waals surface area contributed by atoms with E-state index < -0.39 is 0 Å². The summed E-state index contributed by atoms with van der Waals surface area (Å²) in [5.74, 6) is 0.632. The number of carbonyl (C=O) groups excluding carboxylic acids is 1. The highest BCUT2D eigenvalue weighted by atomic mass is 16.1. The van der Waals surface area contributed by atoms with Crippen LogP contribution in [0.15, 0.2) is 0 Å². The van der Waals surface area contributed by atoms with Crippen molar-refractivity contribution in [2.24, 2.45) is 5.92 Å². The van der Waals surface area contributed by atoms with Crippen LogP contribution in [0, 0.1) is 5.92 Å². The lowest BCUT2D eigenvalue weighted by molar-refractivity contribution is -0.108. The van der Waals surface area contributed by atoms with Crippen molar-refractivity contribution in [3.05, 3.63) is 0 Å². The van der Waals surface area contributed by atoms with Crippen LogP contribution in [0.25, 0.3) is 0 Å². The summed E-state index contributed by atoms with van der Waals surface area (Å²) in [4.78, 5) is 9.93. The molecule has 2 nitrogen and oxygen atoms in total. The van der Waals surface area contributed by atoms with Gasteiger partial charge in [0.15, 0.2) is 0 Å². The summed E-state index contributed by atoms with van der Waals surface area (Å²) in [6.07, 6.45) is 2.93. The van der Waals surface area contributed by atoms with Crippen molar-refractivity contribution < 1.29 is 4.79 Å². The molecule has 1 heterocycles. The number of hydrogen-bond donors (Lipinski definition) is 1. The Bertz CT molecular complexity index is 76.6. The minimum absolute atomic E-state index is 0.632. The first-order valence-electron chi connectivity index (χ1n) is 3.08. The summed E-state index contributed by atoms with van der Waals surface area (Å²) in [5.41, 5.74) is 0. The van der Waals surface area contributed by atoms with Gasteiger partial charge in [-0.2, -0.15) is 0 Å². The molecule has 0 amide bonds. The van der Waals surface area contributed by atoms with Gasteiger partial charge in [-0.25, -0.2) is 0 Å². The maximum atomic E-state index is 9.93. The Morgan fingerprint density at radius 1 is 1.75 bits per heavy atom. The molecular formula is C6H11NO. The molecule has 0 bridgehead atoms. The van der Waals surface area contributed by atoms with Gasteiger partial charge in [-0.05, 0) is 25.4 Å². The molecule has 0 radical (unpaired) electrons. The highest BCUT2D eigenvalue weighted by Gasteiger charge is 2.12. The van der Waals surface area contributed by atoms with E-state index in [-0.39, 0.29) is 0 Å². The lowest BCUT2D eigenvalue weighted by Gasteiger charge is -1.98. The van der Waals surface area contributed by atoms with E-state index in [1.54, 1.807) is 0 Å². The molecule has 1 unspecified atom stereocenters. The molecule has 1 aliphatic rings. The smallest absolute Gasteiger partial charge is 0.120 e. The van der Waals surface area contributed by atoms with Crippen LogP contribution in [-0.4, -0.2) is 19.4 Å². The van der Waals surface area contributed by atoms with E-state index in [2.05, 4.69) is 5.32 Å². The van der Waals surface area contributed by atoms with E-state index in [9.17, 15) is 4.79 Å². The largest absolute Gasteiger partial charge is 0.316 e. The highest BCUT2D eigenvalue weighted by Crippen LogP contribution is 2.09. The summed E-state index contributed by atoms with van der Waals surface area (Å²) < 4.78 is 0. The highest BCUT2D eigenvalue weighted by molar-refractivity contribution is 5.49. The Morgan fingerprint density at radius 2 is 2.62 bits per heavy atom. The average Bonchev–Trinajstić information content (AvgIpc) is 2.19. The second-order valence-electron chi connectivity index (χ2n) is 2.26. The van der Waals surface area contributed by atoms with Gasteiger partial charge >= 0.3 is 0 Å². The van der Waals surface area contributed by atoms with Crippen LogP contribution < -0.4 is 5.32 Å². The molecule has 0 aromatic carbocycles. The molecule has 0 aromatic rings. The van der Waals surface area contributed by atoms with Gasteiger partial charge in [0.1, 0.15) is 6.29 Å². The van der Waals surface area contributed by atoms with Crippen LogP contribution in [0.1, 0.15) is 12.8 Å². The van der Waals surface area contributed by atoms with Gasteiger partial charge in [0.2, 0.25) is 0 Å². The fraction of sp³-hybridized carbons (Fsp3) is 0.833. The van der Waals surface area contributed by atoms with Crippen molar-refractivity contribution >= 4 is 6.29 Å². The summed E-state index contributed by atoms with van der Waals surface area (Å²) in [7, 11) is 0. The first-order valence-corrected chi connectivity index (χ1v) is 3.08. The van der Waals surface area contributed by atoms with E-state index in [0.29, 0.717) is 5.92 Å². The van der Waals surface area contributed by atoms with E-state index in [0.717, 1.165) is 25.8 Å². The van der Waals surface area contributed by atoms with Crippen molar-refractivity contribution in [2.45, 2.75) is 12.8 Å². The number of hydrogen-bond acceptors (Lipinski definition) is 2. The normalized spacial score (nSPS) is 28.2. The predicted molar refractivity (Wildman–Crippen MR) is 31.7 cm³/mol. The molecule has 1 aliphatic heterocycles. The van der Waals surface area contributed by atoms with Gasteiger partial charge in [0.25, 0.3) is 0 Å². The third-order valence-electron chi connectivity index (χ3n) is 1.59. The number of nitrogens with one attached hydrogen (secondary N) is 1. The Morgan fingerprint density at radius 3 is 3.12 bits per heavy atom. The minimum atomic E-state index is 0.632. The third-order valence-corrected chi connectivity index (χ3v) is 1.59. The van der Waals surface area contributed by atoms with Gasteiger partial charge in [0.05, 0.1) is 0 Å². The zero-order valence-electron chi connectivity index (χ0n) is 4.89. The standard InChI is InChI=1S/C6H11NO/c8-4-2-6-1-3-7-5-6/h4,6-7H,1-3,5H2. The molecule has 0 saturated carbocycles. The zero-order valence-corrected chi connectivity index (χ0v) is 4.89. The van der Waals surface area contributed by atoms with Crippen molar-refractivity contribution in [3.8, 4) is 0 Å². The SMILES string of the molecule is O=CCC1CCNC1. The molecule has 1 rings (SSSR count). The maximum Gasteiger partial charge on any atom is 0.120 e. The van der Waals surface area contributed by atoms with Crippen molar-refractivity contribution in [1.82, 2.24) is 5.32 Å². The Kier molecular flexibility index (Phi) is 2.03. The van der Waals surface area contributed by atoms with E-state index >= 15 is 0 Å². The van der Waals surface area contributed by atoms with E-state index in [1.165, 1.54) is 6.42 Å². The predicted octanol–water partition coefficient (Wildman–Crippen LogP) is 0.185. The average molecular weight is 113 g/mol. The Balaban J connectivity index is 2.14. The molecule has 2 heteroatoms. The third kappa shape index (κ3) is 1.30. The summed E-state index contributed by atoms with van der Waals surface area (Å²) in [6, 6.07) is 0. The summed E-state index contributed by atoms with van der Waals surface area (Å²) in [5, 5.41) is 3.20. The van der Waals surface area contributed by atoms with Gasteiger partial charge in [-0.15, -0.1) is 0 Å². The van der Waals surface area contributed by atoms with Gasteiger partial charge in [-0.3, -0.25) is 0 Å². The Hall–Kier alpha value is -0.370. The Labute approximate surface area is 49.3 Å². The summed E-state index contributed by atoms with van der Waals surface area (Å²) in [6.45, 7) is 2.14. The first-order chi connectivity index (χ1) is 3.93. The molecule has 0 spiro atoms. The van der Waals surface area contributed by atoms with Crippen LogP contribution in [0.3, 0.4) is 0 Å². The first kappa shape index (κ1) is 5.76. The number of aldehydes is 1. The lowest BCUT2D eigenvalue weighted by atomic mass is 10.1. The molecule has 1 fully saturated rings. The molecule has 0 aromatic heterocycles. The van der Waals surface area contributed by atoms with Crippen LogP contribution >= 0.6 is 0 Å². The maximum absolute atomic E-state index is 9.93. The lowest BCUT2D eigenvalue weighted by Crippen LogP contribution is -2.08. The van der Waals surface area contributed by atoms with Crippen molar-refractivity contribution in [1.29, 1.82) is 0 Å². The van der Waals surface area contributed by atoms with Crippen molar-refractivity contribution in [3.63, 3.8) is 0 Å². The molecule has 0 aliphatic carbocycles. The second kappa shape index (κ2) is 2.82. The van der Waals surface area contributed by atoms with E-state index in [4.69, 9.17) is 0 Å². The van der Waals surface area contributed by atoms with Gasteiger partial charge < -0.3 is 10.1 Å². The van der Waals surface area contributed by atoms with Gasteiger partial charge in [0, 0.05) is 6.42 Å². The zero-order chi connectivity index (χ0) is 5.82. The topological polar surface area (TPSA) is 29.1 Å². The van der Waals surface area contributed by atoms with Gasteiger partial charge in [-0.1, -0.05) is 0 Å². The fourth-order valence-corrected chi connectivity index (χ4v) is 1.05. The van der Waals surface area contributed by atoms with E-state index in [1.807, 2.05) is 0 Å². The second-order valence-corrected chi connectivity index (χ2v) is 2.26. The fourth-order valence-electron chi connectivity index (χ4n) is 1.05. The monoisotopic (exact) mass is 113 g/mol. The van der Waals surface area contributed by atoms with Crippen LogP contribution in [0.4, 0.5) is 0 Å². The molecular weight excluding hydrogens is 102 g/mol. The van der Waals surface area contributed by atoms with Crippen molar-refractivity contribution in [2.75, 3.05) is 13.1 Å². The molecule has 1 N–H and O–H groups in total. The molecule has 1 saturated heterocycles. The summed E-state index contributed by atoms with van der Waals surface area (Å²) >= 11 is 0. The number of rotatable bonds is 2.